The molecule has 5 nitrogen and oxygen atoms in total. The summed E-state index contributed by atoms with van der Waals surface area (Å²) >= 11 is 0. The second kappa shape index (κ2) is 6.86. The lowest BCUT2D eigenvalue weighted by Gasteiger charge is -2.20. The van der Waals surface area contributed by atoms with Gasteiger partial charge in [0, 0.05) is 0 Å². The summed E-state index contributed by atoms with van der Waals surface area (Å²) in [5.41, 5.74) is 0.708. The quantitative estimate of drug-likeness (QED) is 0.840. The topological polar surface area (TPSA) is 67.8 Å². The standard InChI is InChI=1S/C13H19NO4/c1-4-18-13(16)14-9(2)12(15)10-5-7-11(17-3)8-6-10/h5-9,12,15H,4H2,1-3H3,(H,14,16)/t9-,12-/m0/s1. The third kappa shape index (κ3) is 3.92. The number of hydrogen-bond donors (Lipinski definition) is 2. The minimum absolute atomic E-state index is 0.303. The number of carbonyl (C=O) groups is 1. The summed E-state index contributed by atoms with van der Waals surface area (Å²) in [6.07, 6.45) is -1.32. The van der Waals surface area contributed by atoms with Gasteiger partial charge in [0.15, 0.2) is 0 Å². The van der Waals surface area contributed by atoms with Crippen molar-refractivity contribution in [3.05, 3.63) is 29.8 Å². The van der Waals surface area contributed by atoms with Crippen molar-refractivity contribution in [1.29, 1.82) is 0 Å². The lowest BCUT2D eigenvalue weighted by molar-refractivity contribution is 0.113. The van der Waals surface area contributed by atoms with E-state index in [2.05, 4.69) is 5.32 Å². The smallest absolute Gasteiger partial charge is 0.407 e. The van der Waals surface area contributed by atoms with Crippen LogP contribution in [0.15, 0.2) is 24.3 Å². The maximum Gasteiger partial charge on any atom is 0.407 e. The van der Waals surface area contributed by atoms with E-state index in [1.54, 1.807) is 45.2 Å². The van der Waals surface area contributed by atoms with Crippen LogP contribution in [0.5, 0.6) is 5.75 Å². The Bertz CT molecular complexity index is 377. The molecule has 1 amide bonds. The Balaban J connectivity index is 2.61. The van der Waals surface area contributed by atoms with Crippen LogP contribution in [0.25, 0.3) is 0 Å². The molecule has 0 fully saturated rings. The number of aliphatic hydroxyl groups excluding tert-OH is 1. The summed E-state index contributed by atoms with van der Waals surface area (Å²) in [6, 6.07) is 6.60. The van der Waals surface area contributed by atoms with E-state index in [0.717, 1.165) is 5.75 Å². The van der Waals surface area contributed by atoms with Crippen LogP contribution in [0.1, 0.15) is 25.5 Å². The molecule has 0 spiro atoms. The second-order valence-corrected chi connectivity index (χ2v) is 3.87. The van der Waals surface area contributed by atoms with Gasteiger partial charge in [0.05, 0.1) is 25.9 Å². The highest BCUT2D eigenvalue weighted by molar-refractivity contribution is 5.67. The average Bonchev–Trinajstić information content (AvgIpc) is 2.38. The Morgan fingerprint density at radius 1 is 1.39 bits per heavy atom. The average molecular weight is 253 g/mol. The molecule has 0 radical (unpaired) electrons. The highest BCUT2D eigenvalue weighted by Gasteiger charge is 2.18. The van der Waals surface area contributed by atoms with E-state index < -0.39 is 18.2 Å². The normalized spacial score (nSPS) is 13.6. The lowest BCUT2D eigenvalue weighted by Crippen LogP contribution is -2.37. The van der Waals surface area contributed by atoms with E-state index in [0.29, 0.717) is 12.2 Å². The van der Waals surface area contributed by atoms with Gasteiger partial charge in [0.25, 0.3) is 0 Å². The highest BCUT2D eigenvalue weighted by atomic mass is 16.5. The molecule has 0 bridgehead atoms. The number of carbonyl (C=O) groups excluding carboxylic acids is 1. The van der Waals surface area contributed by atoms with Gasteiger partial charge in [-0.3, -0.25) is 0 Å². The molecule has 0 unspecified atom stereocenters. The van der Waals surface area contributed by atoms with Crippen molar-refractivity contribution in [3.63, 3.8) is 0 Å². The third-order valence-electron chi connectivity index (χ3n) is 2.55. The van der Waals surface area contributed by atoms with Crippen LogP contribution in [0, 0.1) is 0 Å². The van der Waals surface area contributed by atoms with Crippen molar-refractivity contribution in [2.45, 2.75) is 26.0 Å². The summed E-state index contributed by atoms with van der Waals surface area (Å²) in [5.74, 6) is 0.719. The monoisotopic (exact) mass is 253 g/mol. The van der Waals surface area contributed by atoms with E-state index in [4.69, 9.17) is 9.47 Å². The van der Waals surface area contributed by atoms with Crippen LogP contribution in [0.3, 0.4) is 0 Å². The molecule has 1 rings (SSSR count). The fourth-order valence-corrected chi connectivity index (χ4v) is 1.53. The van der Waals surface area contributed by atoms with Crippen molar-refractivity contribution < 1.29 is 19.4 Å². The van der Waals surface area contributed by atoms with Gasteiger partial charge in [-0.05, 0) is 31.5 Å². The first-order chi connectivity index (χ1) is 8.58. The van der Waals surface area contributed by atoms with Crippen molar-refractivity contribution in [1.82, 2.24) is 5.32 Å². The molecule has 100 valence electrons. The van der Waals surface area contributed by atoms with E-state index in [9.17, 15) is 9.90 Å². The molecule has 0 aromatic heterocycles. The summed E-state index contributed by atoms with van der Waals surface area (Å²) in [5, 5.41) is 12.6. The number of rotatable bonds is 5. The number of amides is 1. The third-order valence-corrected chi connectivity index (χ3v) is 2.55. The molecule has 1 aromatic carbocycles. The van der Waals surface area contributed by atoms with Crippen LogP contribution >= 0.6 is 0 Å². The molecule has 0 aliphatic rings. The van der Waals surface area contributed by atoms with Crippen LogP contribution in [0.4, 0.5) is 4.79 Å². The number of aliphatic hydroxyl groups is 1. The Morgan fingerprint density at radius 2 is 2.00 bits per heavy atom. The Hall–Kier alpha value is -1.75. The highest BCUT2D eigenvalue weighted by Crippen LogP contribution is 2.20. The molecule has 0 aliphatic heterocycles. The maximum atomic E-state index is 11.2. The molecule has 1 aromatic rings. The number of alkyl carbamates (subject to hydrolysis) is 1. The molecule has 5 heteroatoms. The molecular weight excluding hydrogens is 234 g/mol. The van der Waals surface area contributed by atoms with E-state index in [1.807, 2.05) is 0 Å². The molecule has 0 aliphatic carbocycles. The Labute approximate surface area is 107 Å². The molecule has 0 heterocycles. The van der Waals surface area contributed by atoms with E-state index >= 15 is 0 Å². The first kappa shape index (κ1) is 14.3. The van der Waals surface area contributed by atoms with Gasteiger partial charge in [0.1, 0.15) is 5.75 Å². The molecule has 2 N–H and O–H groups in total. The summed E-state index contributed by atoms with van der Waals surface area (Å²) in [7, 11) is 1.58. The lowest BCUT2D eigenvalue weighted by atomic mass is 10.0. The largest absolute Gasteiger partial charge is 0.497 e. The van der Waals surface area contributed by atoms with Gasteiger partial charge in [-0.1, -0.05) is 12.1 Å². The predicted octanol–water partition coefficient (Wildman–Crippen LogP) is 1.86. The van der Waals surface area contributed by atoms with Gasteiger partial charge in [-0.15, -0.1) is 0 Å². The first-order valence-electron chi connectivity index (χ1n) is 5.83. The maximum absolute atomic E-state index is 11.2. The number of ether oxygens (including phenoxy) is 2. The van der Waals surface area contributed by atoms with Crippen LogP contribution in [0.2, 0.25) is 0 Å². The van der Waals surface area contributed by atoms with Crippen LogP contribution < -0.4 is 10.1 Å². The van der Waals surface area contributed by atoms with Crippen molar-refractivity contribution in [2.75, 3.05) is 13.7 Å². The van der Waals surface area contributed by atoms with Crippen LogP contribution in [-0.2, 0) is 4.74 Å². The molecule has 0 saturated carbocycles. The summed E-state index contributed by atoms with van der Waals surface area (Å²) in [6.45, 7) is 3.74. The zero-order valence-corrected chi connectivity index (χ0v) is 10.8. The van der Waals surface area contributed by atoms with Gasteiger partial charge in [-0.2, -0.15) is 0 Å². The summed E-state index contributed by atoms with van der Waals surface area (Å²) in [4.78, 5) is 11.2. The van der Waals surface area contributed by atoms with Crippen molar-refractivity contribution >= 4 is 6.09 Å². The molecule has 2 atom stereocenters. The minimum atomic E-state index is -0.791. The van der Waals surface area contributed by atoms with Crippen molar-refractivity contribution in [3.8, 4) is 5.75 Å². The second-order valence-electron chi connectivity index (χ2n) is 3.87. The minimum Gasteiger partial charge on any atom is -0.497 e. The van der Waals surface area contributed by atoms with Gasteiger partial charge in [0.2, 0.25) is 0 Å². The van der Waals surface area contributed by atoms with Crippen LogP contribution in [-0.4, -0.2) is 31.0 Å². The number of methoxy groups -OCH3 is 1. The zero-order valence-electron chi connectivity index (χ0n) is 10.8. The fraction of sp³-hybridized carbons (Fsp3) is 0.462. The zero-order chi connectivity index (χ0) is 13.5. The first-order valence-corrected chi connectivity index (χ1v) is 5.83. The molecule has 18 heavy (non-hydrogen) atoms. The van der Waals surface area contributed by atoms with Gasteiger partial charge in [-0.25, -0.2) is 4.79 Å². The van der Waals surface area contributed by atoms with Gasteiger partial charge >= 0.3 is 6.09 Å². The van der Waals surface area contributed by atoms with Crippen molar-refractivity contribution in [2.24, 2.45) is 0 Å². The van der Waals surface area contributed by atoms with Gasteiger partial charge < -0.3 is 19.9 Å². The SMILES string of the molecule is CCOC(=O)N[C@@H](C)[C@H](O)c1ccc(OC)cc1. The molecule has 0 saturated heterocycles. The van der Waals surface area contributed by atoms with E-state index in [1.165, 1.54) is 0 Å². The number of hydrogen-bond acceptors (Lipinski definition) is 4. The van der Waals surface area contributed by atoms with E-state index in [-0.39, 0.29) is 0 Å². The Morgan fingerprint density at radius 3 is 2.50 bits per heavy atom. The summed E-state index contributed by atoms with van der Waals surface area (Å²) < 4.78 is 9.79. The predicted molar refractivity (Wildman–Crippen MR) is 67.6 cm³/mol. The fourth-order valence-electron chi connectivity index (χ4n) is 1.53. The Kier molecular flexibility index (Phi) is 5.45. The number of nitrogens with one attached hydrogen (secondary N) is 1. The number of benzene rings is 1. The molecular formula is C13H19NO4.